The van der Waals surface area contributed by atoms with Crippen LogP contribution in [0.5, 0.6) is 0 Å². The van der Waals surface area contributed by atoms with Crippen molar-refractivity contribution in [2.75, 3.05) is 6.54 Å². The first kappa shape index (κ1) is 18.1. The van der Waals surface area contributed by atoms with Crippen molar-refractivity contribution in [1.82, 2.24) is 9.71 Å². The maximum Gasteiger partial charge on any atom is 0.308 e. The molecule has 1 atom stereocenters. The Morgan fingerprint density at radius 2 is 2.00 bits per heavy atom. The van der Waals surface area contributed by atoms with E-state index in [1.807, 2.05) is 6.07 Å². The number of benzene rings is 1. The lowest BCUT2D eigenvalue weighted by Gasteiger charge is -2.14. The van der Waals surface area contributed by atoms with Crippen LogP contribution in [0.2, 0.25) is 0 Å². The van der Waals surface area contributed by atoms with Crippen molar-refractivity contribution in [2.45, 2.75) is 25.2 Å². The molecule has 1 aromatic carbocycles. The van der Waals surface area contributed by atoms with Crippen molar-refractivity contribution >= 4 is 16.0 Å². The van der Waals surface area contributed by atoms with E-state index in [1.54, 1.807) is 50.4 Å². The summed E-state index contributed by atoms with van der Waals surface area (Å²) in [6.07, 6.45) is 1.74. The summed E-state index contributed by atoms with van der Waals surface area (Å²) in [6.45, 7) is 3.32. The van der Waals surface area contributed by atoms with Gasteiger partial charge in [0, 0.05) is 24.9 Å². The van der Waals surface area contributed by atoms with Crippen LogP contribution in [-0.4, -0.2) is 31.0 Å². The molecule has 0 aliphatic heterocycles. The predicted octanol–water partition coefficient (Wildman–Crippen LogP) is 1.92. The summed E-state index contributed by atoms with van der Waals surface area (Å²) in [4.78, 5) is 15.7. The Morgan fingerprint density at radius 1 is 1.25 bits per heavy atom. The second-order valence-corrected chi connectivity index (χ2v) is 7.42. The third kappa shape index (κ3) is 4.62. The summed E-state index contributed by atoms with van der Waals surface area (Å²) >= 11 is 0. The first-order chi connectivity index (χ1) is 11.3. The van der Waals surface area contributed by atoms with Crippen molar-refractivity contribution in [3.63, 3.8) is 0 Å². The van der Waals surface area contributed by atoms with Crippen LogP contribution >= 0.6 is 0 Å². The van der Waals surface area contributed by atoms with Gasteiger partial charge in [-0.15, -0.1) is 0 Å². The zero-order chi connectivity index (χ0) is 17.7. The lowest BCUT2D eigenvalue weighted by molar-refractivity contribution is -0.141. The largest absolute Gasteiger partial charge is 0.481 e. The Kier molecular flexibility index (Phi) is 5.69. The Morgan fingerprint density at radius 3 is 2.62 bits per heavy atom. The fraction of sp³-hybridized carbons (Fsp3) is 0.294. The van der Waals surface area contributed by atoms with E-state index < -0.39 is 21.9 Å². The standard InChI is InChI=1S/C17H20N2O4S/c1-12-6-7-13(2)16(9-12)24(22,23)19-11-14(17(20)21)10-15-5-3-4-8-18-15/h3-9,14,19H,10-11H2,1-2H3,(H,20,21). The molecule has 0 radical (unpaired) electrons. The summed E-state index contributed by atoms with van der Waals surface area (Å²) in [7, 11) is -3.77. The van der Waals surface area contributed by atoms with E-state index in [9.17, 15) is 18.3 Å². The number of hydrogen-bond donors (Lipinski definition) is 2. The Bertz CT molecular complexity index is 820. The van der Waals surface area contributed by atoms with E-state index in [-0.39, 0.29) is 17.9 Å². The second kappa shape index (κ2) is 7.55. The normalized spacial score (nSPS) is 12.8. The molecular weight excluding hydrogens is 328 g/mol. The van der Waals surface area contributed by atoms with Crippen LogP contribution in [0.3, 0.4) is 0 Å². The Labute approximate surface area is 141 Å². The molecule has 0 fully saturated rings. The van der Waals surface area contributed by atoms with Crippen molar-refractivity contribution in [3.05, 3.63) is 59.4 Å². The molecule has 0 spiro atoms. The number of carboxylic acids is 1. The van der Waals surface area contributed by atoms with Crippen LogP contribution < -0.4 is 4.72 Å². The number of aliphatic carboxylic acids is 1. The maximum absolute atomic E-state index is 12.5. The number of nitrogens with one attached hydrogen (secondary N) is 1. The molecule has 0 aliphatic rings. The summed E-state index contributed by atoms with van der Waals surface area (Å²) in [5.41, 5.74) is 2.05. The van der Waals surface area contributed by atoms with Gasteiger partial charge in [-0.2, -0.15) is 0 Å². The zero-order valence-corrected chi connectivity index (χ0v) is 14.4. The molecule has 1 aromatic heterocycles. The number of pyridine rings is 1. The number of aryl methyl sites for hydroxylation is 2. The third-order valence-electron chi connectivity index (χ3n) is 3.68. The van der Waals surface area contributed by atoms with E-state index >= 15 is 0 Å². The quantitative estimate of drug-likeness (QED) is 0.797. The predicted molar refractivity (Wildman–Crippen MR) is 90.2 cm³/mol. The minimum atomic E-state index is -3.77. The lowest BCUT2D eigenvalue weighted by Crippen LogP contribution is -2.34. The highest BCUT2D eigenvalue weighted by atomic mass is 32.2. The molecule has 1 unspecified atom stereocenters. The van der Waals surface area contributed by atoms with Crippen LogP contribution in [0.25, 0.3) is 0 Å². The van der Waals surface area contributed by atoms with Crippen molar-refractivity contribution < 1.29 is 18.3 Å². The highest BCUT2D eigenvalue weighted by molar-refractivity contribution is 7.89. The van der Waals surface area contributed by atoms with Gasteiger partial charge in [-0.25, -0.2) is 13.1 Å². The summed E-state index contributed by atoms with van der Waals surface area (Å²) in [5, 5.41) is 9.34. The molecule has 0 saturated carbocycles. The third-order valence-corrected chi connectivity index (χ3v) is 5.25. The van der Waals surface area contributed by atoms with Crippen molar-refractivity contribution in [1.29, 1.82) is 0 Å². The van der Waals surface area contributed by atoms with E-state index in [2.05, 4.69) is 9.71 Å². The number of nitrogens with zero attached hydrogens (tertiary/aromatic N) is 1. The molecule has 6 nitrogen and oxygen atoms in total. The molecule has 24 heavy (non-hydrogen) atoms. The van der Waals surface area contributed by atoms with Gasteiger partial charge in [0.25, 0.3) is 0 Å². The molecule has 128 valence electrons. The van der Waals surface area contributed by atoms with Crippen LogP contribution in [0, 0.1) is 19.8 Å². The number of sulfonamides is 1. The van der Waals surface area contributed by atoms with Gasteiger partial charge in [0.2, 0.25) is 10.0 Å². The van der Waals surface area contributed by atoms with Crippen LogP contribution in [0.1, 0.15) is 16.8 Å². The summed E-state index contributed by atoms with van der Waals surface area (Å²) in [6, 6.07) is 10.4. The number of aromatic nitrogens is 1. The Balaban J connectivity index is 2.13. The molecule has 2 rings (SSSR count). The number of hydrogen-bond acceptors (Lipinski definition) is 4. The summed E-state index contributed by atoms with van der Waals surface area (Å²) < 4.78 is 27.3. The number of carbonyl (C=O) groups is 1. The Hall–Kier alpha value is -2.25. The van der Waals surface area contributed by atoms with Gasteiger partial charge in [0.15, 0.2) is 0 Å². The molecule has 7 heteroatoms. The average Bonchev–Trinajstić information content (AvgIpc) is 2.54. The second-order valence-electron chi connectivity index (χ2n) is 5.68. The summed E-state index contributed by atoms with van der Waals surface area (Å²) in [5.74, 6) is -1.95. The van der Waals surface area contributed by atoms with E-state index in [4.69, 9.17) is 0 Å². The van der Waals surface area contributed by atoms with Gasteiger partial charge in [0.05, 0.1) is 10.8 Å². The molecule has 2 aromatic rings. The monoisotopic (exact) mass is 348 g/mol. The molecule has 2 N–H and O–H groups in total. The van der Waals surface area contributed by atoms with E-state index in [0.717, 1.165) is 5.56 Å². The number of rotatable bonds is 7. The van der Waals surface area contributed by atoms with Gasteiger partial charge in [-0.3, -0.25) is 9.78 Å². The van der Waals surface area contributed by atoms with Crippen LogP contribution in [0.4, 0.5) is 0 Å². The molecule has 1 heterocycles. The fourth-order valence-electron chi connectivity index (χ4n) is 2.30. The molecule has 0 saturated heterocycles. The van der Waals surface area contributed by atoms with E-state index in [0.29, 0.717) is 11.3 Å². The van der Waals surface area contributed by atoms with Crippen LogP contribution in [-0.2, 0) is 21.2 Å². The highest BCUT2D eigenvalue weighted by Crippen LogP contribution is 2.17. The van der Waals surface area contributed by atoms with Gasteiger partial charge in [0.1, 0.15) is 0 Å². The average molecular weight is 348 g/mol. The van der Waals surface area contributed by atoms with Gasteiger partial charge in [-0.1, -0.05) is 18.2 Å². The maximum atomic E-state index is 12.5. The van der Waals surface area contributed by atoms with Gasteiger partial charge >= 0.3 is 5.97 Å². The highest BCUT2D eigenvalue weighted by Gasteiger charge is 2.23. The van der Waals surface area contributed by atoms with Crippen LogP contribution in [0.15, 0.2) is 47.5 Å². The minimum Gasteiger partial charge on any atom is -0.481 e. The minimum absolute atomic E-state index is 0.158. The fourth-order valence-corrected chi connectivity index (χ4v) is 3.71. The van der Waals surface area contributed by atoms with Gasteiger partial charge in [-0.05, 0) is 43.2 Å². The number of carboxylic acid groups (broad SMARTS) is 1. The lowest BCUT2D eigenvalue weighted by atomic mass is 10.0. The molecular formula is C17H20N2O4S. The first-order valence-electron chi connectivity index (χ1n) is 7.49. The van der Waals surface area contributed by atoms with Crippen molar-refractivity contribution in [2.24, 2.45) is 5.92 Å². The molecule has 0 amide bonds. The van der Waals surface area contributed by atoms with Crippen molar-refractivity contribution in [3.8, 4) is 0 Å². The molecule has 0 aliphatic carbocycles. The van der Waals surface area contributed by atoms with E-state index in [1.165, 1.54) is 0 Å². The van der Waals surface area contributed by atoms with Gasteiger partial charge < -0.3 is 5.11 Å². The zero-order valence-electron chi connectivity index (χ0n) is 13.6. The first-order valence-corrected chi connectivity index (χ1v) is 8.97. The SMILES string of the molecule is Cc1ccc(C)c(S(=O)(=O)NCC(Cc2ccccn2)C(=O)O)c1. The smallest absolute Gasteiger partial charge is 0.308 e. The topological polar surface area (TPSA) is 96.4 Å². The molecule has 0 bridgehead atoms.